The van der Waals surface area contributed by atoms with Crippen LogP contribution in [0.5, 0.6) is 0 Å². The molecule has 0 amide bonds. The second-order valence-corrected chi connectivity index (χ2v) is 7.05. The van der Waals surface area contributed by atoms with E-state index in [1.54, 1.807) is 0 Å². The number of halogens is 1. The van der Waals surface area contributed by atoms with Gasteiger partial charge in [-0.3, -0.25) is 0 Å². The Morgan fingerprint density at radius 1 is 1.22 bits per heavy atom. The summed E-state index contributed by atoms with van der Waals surface area (Å²) in [4.78, 5) is 0. The fourth-order valence-electron chi connectivity index (χ4n) is 3.94. The average Bonchev–Trinajstić information content (AvgIpc) is 3.00. The van der Waals surface area contributed by atoms with E-state index in [0.29, 0.717) is 6.04 Å². The van der Waals surface area contributed by atoms with Crippen LogP contribution in [0.1, 0.15) is 38.2 Å². The number of nitrogens with one attached hydrogen (secondary N) is 1. The van der Waals surface area contributed by atoms with Crippen LogP contribution in [0, 0.1) is 17.8 Å². The number of hydrogen-bond donors (Lipinski definition) is 1. The minimum atomic E-state index is 0.670. The molecule has 2 aliphatic carbocycles. The molecule has 18 heavy (non-hydrogen) atoms. The van der Waals surface area contributed by atoms with Crippen molar-refractivity contribution in [2.45, 2.75) is 45.2 Å². The van der Waals surface area contributed by atoms with Crippen molar-refractivity contribution in [1.29, 1.82) is 0 Å². The molecule has 0 heterocycles. The van der Waals surface area contributed by atoms with Gasteiger partial charge in [-0.15, -0.1) is 0 Å². The smallest absolute Gasteiger partial charge is 0.0208 e. The zero-order chi connectivity index (χ0) is 12.5. The van der Waals surface area contributed by atoms with E-state index >= 15 is 0 Å². The molecule has 2 heteroatoms. The Balaban J connectivity index is 1.52. The van der Waals surface area contributed by atoms with Crippen LogP contribution >= 0.6 is 15.9 Å². The zero-order valence-electron chi connectivity index (χ0n) is 11.0. The molecule has 0 spiro atoms. The van der Waals surface area contributed by atoms with Gasteiger partial charge in [0, 0.05) is 17.1 Å². The second-order valence-electron chi connectivity index (χ2n) is 6.13. The van der Waals surface area contributed by atoms with Crippen molar-refractivity contribution < 1.29 is 0 Å². The summed E-state index contributed by atoms with van der Waals surface area (Å²) in [6.07, 6.45) is 5.97. The van der Waals surface area contributed by atoms with E-state index in [1.165, 1.54) is 31.2 Å². The summed E-state index contributed by atoms with van der Waals surface area (Å²) in [5, 5.41) is 3.73. The highest BCUT2D eigenvalue weighted by Crippen LogP contribution is 2.49. The number of fused-ring (bicyclic) bond motifs is 2. The van der Waals surface area contributed by atoms with E-state index in [0.717, 1.165) is 28.8 Å². The van der Waals surface area contributed by atoms with E-state index in [-0.39, 0.29) is 0 Å². The summed E-state index contributed by atoms with van der Waals surface area (Å²) < 4.78 is 1.16. The fourth-order valence-corrected chi connectivity index (χ4v) is 4.20. The van der Waals surface area contributed by atoms with Crippen molar-refractivity contribution >= 4 is 15.9 Å². The summed E-state index contributed by atoms with van der Waals surface area (Å²) in [7, 11) is 0. The predicted octanol–water partition coefficient (Wildman–Crippen LogP) is 4.36. The highest BCUT2D eigenvalue weighted by atomic mass is 79.9. The van der Waals surface area contributed by atoms with Gasteiger partial charge in [-0.05, 0) is 61.6 Å². The Kier molecular flexibility index (Phi) is 3.76. The molecule has 2 aliphatic rings. The van der Waals surface area contributed by atoms with Gasteiger partial charge in [-0.2, -0.15) is 0 Å². The Hall–Kier alpha value is -0.340. The van der Waals surface area contributed by atoms with Gasteiger partial charge in [0.2, 0.25) is 0 Å². The van der Waals surface area contributed by atoms with E-state index in [4.69, 9.17) is 0 Å². The molecule has 1 aromatic carbocycles. The summed E-state index contributed by atoms with van der Waals surface area (Å²) >= 11 is 3.48. The highest BCUT2D eigenvalue weighted by molar-refractivity contribution is 9.10. The lowest BCUT2D eigenvalue weighted by Crippen LogP contribution is -2.35. The van der Waals surface area contributed by atoms with Crippen molar-refractivity contribution in [1.82, 2.24) is 5.32 Å². The topological polar surface area (TPSA) is 12.0 Å². The van der Waals surface area contributed by atoms with Crippen LogP contribution in [0.2, 0.25) is 0 Å². The van der Waals surface area contributed by atoms with E-state index in [1.807, 2.05) is 0 Å². The molecule has 0 aliphatic heterocycles. The van der Waals surface area contributed by atoms with Gasteiger partial charge in [0.25, 0.3) is 0 Å². The van der Waals surface area contributed by atoms with Gasteiger partial charge < -0.3 is 5.32 Å². The molecule has 1 N–H and O–H groups in total. The molecule has 1 nitrogen and oxygen atoms in total. The van der Waals surface area contributed by atoms with E-state index in [9.17, 15) is 0 Å². The maximum Gasteiger partial charge on any atom is 0.0208 e. The van der Waals surface area contributed by atoms with Crippen LogP contribution in [0.15, 0.2) is 28.7 Å². The average molecular weight is 308 g/mol. The second kappa shape index (κ2) is 5.34. The molecule has 0 radical (unpaired) electrons. The molecule has 0 aromatic heterocycles. The maximum atomic E-state index is 3.73. The lowest BCUT2D eigenvalue weighted by Gasteiger charge is -2.28. The van der Waals surface area contributed by atoms with E-state index < -0.39 is 0 Å². The third-order valence-corrected chi connectivity index (χ3v) is 5.51. The molecule has 2 fully saturated rings. The normalized spacial score (nSPS) is 31.8. The first-order valence-corrected chi connectivity index (χ1v) is 7.99. The lowest BCUT2D eigenvalue weighted by atomic mass is 9.84. The third kappa shape index (κ3) is 2.65. The predicted molar refractivity (Wildman–Crippen MR) is 79.4 cm³/mol. The minimum Gasteiger partial charge on any atom is -0.310 e. The Morgan fingerprint density at radius 2 is 2.00 bits per heavy atom. The summed E-state index contributed by atoms with van der Waals surface area (Å²) in [5.74, 6) is 3.00. The summed E-state index contributed by atoms with van der Waals surface area (Å²) in [6.45, 7) is 3.38. The molecular formula is C16H22BrN. The highest BCUT2D eigenvalue weighted by Gasteiger charge is 2.41. The first-order chi connectivity index (χ1) is 8.72. The van der Waals surface area contributed by atoms with Crippen LogP contribution in [0.4, 0.5) is 0 Å². The Morgan fingerprint density at radius 3 is 2.61 bits per heavy atom. The molecule has 4 unspecified atom stereocenters. The standard InChI is InChI=1S/C16H22BrN/c1-11(16-9-13-2-5-14(16)8-13)18-10-12-3-6-15(17)7-4-12/h3-4,6-7,11,13-14,16,18H,2,5,8-10H2,1H3. The van der Waals surface area contributed by atoms with Crippen molar-refractivity contribution in [2.75, 3.05) is 0 Å². The minimum absolute atomic E-state index is 0.670. The van der Waals surface area contributed by atoms with Gasteiger partial charge in [0.1, 0.15) is 0 Å². The number of benzene rings is 1. The third-order valence-electron chi connectivity index (χ3n) is 4.98. The number of rotatable bonds is 4. The van der Waals surface area contributed by atoms with Crippen LogP contribution in [0.25, 0.3) is 0 Å². The zero-order valence-corrected chi connectivity index (χ0v) is 12.6. The fraction of sp³-hybridized carbons (Fsp3) is 0.625. The van der Waals surface area contributed by atoms with Crippen LogP contribution in [-0.4, -0.2) is 6.04 Å². The molecule has 3 rings (SSSR count). The molecule has 1 aromatic rings. The summed E-state index contributed by atoms with van der Waals surface area (Å²) in [5.41, 5.74) is 1.38. The SMILES string of the molecule is CC(NCc1ccc(Br)cc1)C1CC2CCC1C2. The molecule has 0 saturated heterocycles. The molecule has 2 saturated carbocycles. The van der Waals surface area contributed by atoms with Gasteiger partial charge in [-0.1, -0.05) is 34.5 Å². The summed E-state index contributed by atoms with van der Waals surface area (Å²) in [6, 6.07) is 9.32. The largest absolute Gasteiger partial charge is 0.310 e. The first kappa shape index (κ1) is 12.7. The van der Waals surface area contributed by atoms with Gasteiger partial charge in [-0.25, -0.2) is 0 Å². The molecule has 4 atom stereocenters. The van der Waals surface area contributed by atoms with Crippen molar-refractivity contribution in [3.8, 4) is 0 Å². The maximum absolute atomic E-state index is 3.73. The Bertz CT molecular complexity index is 400. The van der Waals surface area contributed by atoms with Gasteiger partial charge >= 0.3 is 0 Å². The van der Waals surface area contributed by atoms with Crippen LogP contribution < -0.4 is 5.32 Å². The number of hydrogen-bond acceptors (Lipinski definition) is 1. The van der Waals surface area contributed by atoms with Crippen LogP contribution in [-0.2, 0) is 6.54 Å². The van der Waals surface area contributed by atoms with Crippen molar-refractivity contribution in [3.63, 3.8) is 0 Å². The Labute approximate surface area is 118 Å². The molecule has 98 valence electrons. The van der Waals surface area contributed by atoms with Gasteiger partial charge in [0.05, 0.1) is 0 Å². The van der Waals surface area contributed by atoms with Crippen LogP contribution in [0.3, 0.4) is 0 Å². The van der Waals surface area contributed by atoms with Crippen molar-refractivity contribution in [3.05, 3.63) is 34.3 Å². The molecule has 2 bridgehead atoms. The van der Waals surface area contributed by atoms with Gasteiger partial charge in [0.15, 0.2) is 0 Å². The monoisotopic (exact) mass is 307 g/mol. The first-order valence-electron chi connectivity index (χ1n) is 7.20. The quantitative estimate of drug-likeness (QED) is 0.871. The lowest BCUT2D eigenvalue weighted by molar-refractivity contribution is 0.259. The van der Waals surface area contributed by atoms with Crippen molar-refractivity contribution in [2.24, 2.45) is 17.8 Å². The van der Waals surface area contributed by atoms with E-state index in [2.05, 4.69) is 52.4 Å². The molecular weight excluding hydrogens is 286 g/mol.